The Bertz CT molecular complexity index is 1040. The van der Waals surface area contributed by atoms with E-state index in [1.165, 1.54) is 5.56 Å². The van der Waals surface area contributed by atoms with Crippen LogP contribution in [-0.2, 0) is 11.0 Å². The Labute approximate surface area is 177 Å². The molecule has 0 unspecified atom stereocenters. The summed E-state index contributed by atoms with van der Waals surface area (Å²) in [7, 11) is 0. The van der Waals surface area contributed by atoms with Gasteiger partial charge < -0.3 is 5.11 Å². The highest BCUT2D eigenvalue weighted by Gasteiger charge is 2.36. The Kier molecular flexibility index (Phi) is 5.80. The van der Waals surface area contributed by atoms with Gasteiger partial charge in [0.15, 0.2) is 5.82 Å². The van der Waals surface area contributed by atoms with Gasteiger partial charge in [-0.3, -0.25) is 9.89 Å². The Morgan fingerprint density at radius 1 is 0.935 bits per heavy atom. The number of aromatic amines is 1. The average Bonchev–Trinajstić information content (AvgIpc) is 3.25. The summed E-state index contributed by atoms with van der Waals surface area (Å²) in [6.45, 7) is 0. The molecule has 1 aliphatic rings. The molecule has 0 radical (unpaired) electrons. The Morgan fingerprint density at radius 3 is 2.00 bits per heavy atom. The minimum absolute atomic E-state index is 0.0766. The van der Waals surface area contributed by atoms with Crippen LogP contribution in [0.1, 0.15) is 49.4 Å². The second-order valence-electron chi connectivity index (χ2n) is 8.02. The summed E-state index contributed by atoms with van der Waals surface area (Å²) in [5.74, 6) is -1.09. The number of H-pyrrole nitrogens is 1. The molecule has 1 fully saturated rings. The molecule has 4 rings (SSSR count). The summed E-state index contributed by atoms with van der Waals surface area (Å²) >= 11 is 0. The van der Waals surface area contributed by atoms with Gasteiger partial charge in [0.25, 0.3) is 5.82 Å². The molecule has 31 heavy (non-hydrogen) atoms. The van der Waals surface area contributed by atoms with Crippen molar-refractivity contribution in [3.8, 4) is 22.5 Å². The first-order valence-corrected chi connectivity index (χ1v) is 10.2. The number of hydrogen-bond acceptors (Lipinski definition) is 3. The second-order valence-corrected chi connectivity index (χ2v) is 8.02. The van der Waals surface area contributed by atoms with Crippen LogP contribution in [0.3, 0.4) is 0 Å². The van der Waals surface area contributed by atoms with Gasteiger partial charge >= 0.3 is 12.1 Å². The molecule has 8 heteroatoms. The maximum atomic E-state index is 12.7. The first-order valence-electron chi connectivity index (χ1n) is 10.2. The minimum atomic E-state index is -4.58. The van der Waals surface area contributed by atoms with Crippen molar-refractivity contribution in [2.45, 2.75) is 44.2 Å². The van der Waals surface area contributed by atoms with E-state index in [9.17, 15) is 18.0 Å². The number of carboxylic acids is 1. The van der Waals surface area contributed by atoms with E-state index in [1.807, 2.05) is 24.3 Å². The number of carboxylic acid groups (broad SMARTS) is 1. The molecule has 1 saturated carbocycles. The zero-order valence-corrected chi connectivity index (χ0v) is 16.7. The molecule has 1 heterocycles. The molecule has 162 valence electrons. The van der Waals surface area contributed by atoms with E-state index in [1.54, 1.807) is 12.1 Å². The molecule has 0 bridgehead atoms. The standard InChI is InChI=1S/C23H22F3N3O2/c24-23(25,26)22-27-21(28-29-22)19-11-9-18(10-12-19)17-7-5-16(6-8-17)15-3-1-14(2-4-15)13-20(30)31/h5-12,14-15H,1-4,13H2,(H,30,31)(H,27,28,29)/t14-,15-. The summed E-state index contributed by atoms with van der Waals surface area (Å²) < 4.78 is 38.0. The van der Waals surface area contributed by atoms with Gasteiger partial charge in [-0.1, -0.05) is 48.5 Å². The summed E-state index contributed by atoms with van der Waals surface area (Å²) in [5.41, 5.74) is 3.76. The molecular formula is C23H22F3N3O2. The number of alkyl halides is 3. The minimum Gasteiger partial charge on any atom is -0.481 e. The van der Waals surface area contributed by atoms with Crippen molar-refractivity contribution in [1.29, 1.82) is 0 Å². The third-order valence-electron chi connectivity index (χ3n) is 5.92. The van der Waals surface area contributed by atoms with Crippen LogP contribution in [0.5, 0.6) is 0 Å². The maximum Gasteiger partial charge on any atom is 0.453 e. The highest BCUT2D eigenvalue weighted by atomic mass is 19.4. The van der Waals surface area contributed by atoms with Crippen LogP contribution in [0.4, 0.5) is 13.2 Å². The molecule has 1 aliphatic carbocycles. The average molecular weight is 429 g/mol. The number of carbonyl (C=O) groups is 1. The molecule has 0 spiro atoms. The van der Waals surface area contributed by atoms with Crippen LogP contribution in [0.2, 0.25) is 0 Å². The third kappa shape index (κ3) is 4.95. The van der Waals surface area contributed by atoms with Crippen LogP contribution in [-0.4, -0.2) is 26.3 Å². The Balaban J connectivity index is 1.41. The summed E-state index contributed by atoms with van der Waals surface area (Å²) in [4.78, 5) is 14.4. The molecule has 3 aromatic rings. The number of hydrogen-bond donors (Lipinski definition) is 2. The molecule has 0 saturated heterocycles. The number of benzene rings is 2. The van der Waals surface area contributed by atoms with Gasteiger partial charge in [-0.15, -0.1) is 5.10 Å². The summed E-state index contributed by atoms with van der Waals surface area (Å²) in [5, 5.41) is 14.5. The topological polar surface area (TPSA) is 78.9 Å². The molecule has 0 amide bonds. The number of aliphatic carboxylic acids is 1. The van der Waals surface area contributed by atoms with Crippen LogP contribution in [0.15, 0.2) is 48.5 Å². The lowest BCUT2D eigenvalue weighted by molar-refractivity contribution is -0.144. The molecule has 1 aromatic heterocycles. The highest BCUT2D eigenvalue weighted by Crippen LogP contribution is 2.37. The van der Waals surface area contributed by atoms with E-state index < -0.39 is 18.0 Å². The van der Waals surface area contributed by atoms with Crippen molar-refractivity contribution in [3.63, 3.8) is 0 Å². The van der Waals surface area contributed by atoms with Gasteiger partial charge in [0.05, 0.1) is 0 Å². The quantitative estimate of drug-likeness (QED) is 0.529. The van der Waals surface area contributed by atoms with Crippen LogP contribution in [0.25, 0.3) is 22.5 Å². The lowest BCUT2D eigenvalue weighted by atomic mass is 9.77. The van der Waals surface area contributed by atoms with Crippen molar-refractivity contribution >= 4 is 5.97 Å². The fourth-order valence-corrected chi connectivity index (χ4v) is 4.23. The molecule has 0 aliphatic heterocycles. The zero-order chi connectivity index (χ0) is 22.0. The van der Waals surface area contributed by atoms with Crippen molar-refractivity contribution in [1.82, 2.24) is 15.2 Å². The second kappa shape index (κ2) is 8.53. The molecule has 2 aromatic carbocycles. The number of rotatable bonds is 5. The van der Waals surface area contributed by atoms with Crippen molar-refractivity contribution < 1.29 is 23.1 Å². The van der Waals surface area contributed by atoms with E-state index >= 15 is 0 Å². The molecule has 0 atom stereocenters. The molecule has 5 nitrogen and oxygen atoms in total. The summed E-state index contributed by atoms with van der Waals surface area (Å²) in [6, 6.07) is 15.4. The Morgan fingerprint density at radius 2 is 1.48 bits per heavy atom. The zero-order valence-electron chi connectivity index (χ0n) is 16.7. The van der Waals surface area contributed by atoms with Gasteiger partial charge in [-0.05, 0) is 54.2 Å². The molecular weight excluding hydrogens is 407 g/mol. The fourth-order valence-electron chi connectivity index (χ4n) is 4.23. The van der Waals surface area contributed by atoms with E-state index in [0.29, 0.717) is 11.5 Å². The maximum absolute atomic E-state index is 12.7. The van der Waals surface area contributed by atoms with E-state index in [-0.39, 0.29) is 18.2 Å². The van der Waals surface area contributed by atoms with Gasteiger partial charge in [-0.2, -0.15) is 13.2 Å². The lowest BCUT2D eigenvalue weighted by Gasteiger charge is -2.28. The van der Waals surface area contributed by atoms with Gasteiger partial charge in [0.2, 0.25) is 0 Å². The normalized spacial score (nSPS) is 19.3. The van der Waals surface area contributed by atoms with Crippen LogP contribution < -0.4 is 0 Å². The first-order chi connectivity index (χ1) is 14.8. The van der Waals surface area contributed by atoms with Crippen LogP contribution >= 0.6 is 0 Å². The predicted octanol–water partition coefficient (Wildman–Crippen LogP) is 5.91. The van der Waals surface area contributed by atoms with Crippen molar-refractivity contribution in [2.24, 2.45) is 5.92 Å². The number of nitrogens with one attached hydrogen (secondary N) is 1. The number of nitrogens with zero attached hydrogens (tertiary/aromatic N) is 2. The molecule has 2 N–H and O–H groups in total. The smallest absolute Gasteiger partial charge is 0.453 e. The third-order valence-corrected chi connectivity index (χ3v) is 5.92. The predicted molar refractivity (Wildman–Crippen MR) is 109 cm³/mol. The monoisotopic (exact) mass is 429 g/mol. The first kappa shape index (κ1) is 21.1. The largest absolute Gasteiger partial charge is 0.481 e. The lowest BCUT2D eigenvalue weighted by Crippen LogP contribution is -2.16. The SMILES string of the molecule is O=C(O)C[C@H]1CC[C@H](c2ccc(-c3ccc(-c4nc(C(F)(F)F)n[nH]4)cc3)cc2)CC1. The number of halogens is 3. The van der Waals surface area contributed by atoms with Crippen molar-refractivity contribution in [2.75, 3.05) is 0 Å². The highest BCUT2D eigenvalue weighted by molar-refractivity contribution is 5.68. The van der Waals surface area contributed by atoms with E-state index in [2.05, 4.69) is 27.3 Å². The van der Waals surface area contributed by atoms with Gasteiger partial charge in [0, 0.05) is 12.0 Å². The van der Waals surface area contributed by atoms with E-state index in [0.717, 1.165) is 36.8 Å². The number of aromatic nitrogens is 3. The summed E-state index contributed by atoms with van der Waals surface area (Å²) in [6.07, 6.45) is -0.429. The van der Waals surface area contributed by atoms with E-state index in [4.69, 9.17) is 5.11 Å². The van der Waals surface area contributed by atoms with Crippen molar-refractivity contribution in [3.05, 3.63) is 59.9 Å². The van der Waals surface area contributed by atoms with Gasteiger partial charge in [-0.25, -0.2) is 4.98 Å². The van der Waals surface area contributed by atoms with Crippen LogP contribution in [0, 0.1) is 5.92 Å². The fraction of sp³-hybridized carbons (Fsp3) is 0.348. The Hall–Kier alpha value is -3.16. The van der Waals surface area contributed by atoms with Gasteiger partial charge in [0.1, 0.15) is 0 Å².